The van der Waals surface area contributed by atoms with E-state index in [1.54, 1.807) is 4.90 Å². The summed E-state index contributed by atoms with van der Waals surface area (Å²) in [5, 5.41) is 9.91. The zero-order valence-electron chi connectivity index (χ0n) is 11.4. The van der Waals surface area contributed by atoms with E-state index in [-0.39, 0.29) is 11.9 Å². The highest BCUT2D eigenvalue weighted by Crippen LogP contribution is 2.29. The topological polar surface area (TPSA) is 66.6 Å². The smallest absolute Gasteiger partial charge is 0.239 e. The van der Waals surface area contributed by atoms with E-state index in [0.29, 0.717) is 25.4 Å². The Morgan fingerprint density at radius 3 is 2.56 bits per heavy atom. The first-order chi connectivity index (χ1) is 8.54. The van der Waals surface area contributed by atoms with Gasteiger partial charge in [-0.05, 0) is 18.8 Å². The number of carbonyl (C=O) groups is 1. The molecule has 1 saturated carbocycles. The van der Waals surface area contributed by atoms with Crippen molar-refractivity contribution < 1.29 is 9.90 Å². The first-order valence-electron chi connectivity index (χ1n) is 7.31. The molecule has 2 aliphatic rings. The number of nitrogens with zero attached hydrogens (tertiary/aromatic N) is 1. The number of amides is 1. The maximum Gasteiger partial charge on any atom is 0.239 e. The zero-order chi connectivity index (χ0) is 13.2. The summed E-state index contributed by atoms with van der Waals surface area (Å²) in [6, 6.07) is -0.366. The van der Waals surface area contributed by atoms with Crippen molar-refractivity contribution in [1.82, 2.24) is 4.90 Å². The molecule has 1 aliphatic heterocycles. The number of aliphatic hydroxyl groups is 1. The molecule has 104 valence electrons. The fourth-order valence-corrected chi connectivity index (χ4v) is 3.16. The van der Waals surface area contributed by atoms with Crippen LogP contribution in [-0.2, 0) is 4.79 Å². The fraction of sp³-hybridized carbons (Fsp3) is 0.929. The van der Waals surface area contributed by atoms with Crippen molar-refractivity contribution in [2.45, 2.75) is 63.5 Å². The van der Waals surface area contributed by atoms with Gasteiger partial charge in [0.2, 0.25) is 5.91 Å². The second-order valence-corrected chi connectivity index (χ2v) is 6.12. The summed E-state index contributed by atoms with van der Waals surface area (Å²) in [5.74, 6) is 0.655. The molecule has 1 amide bonds. The summed E-state index contributed by atoms with van der Waals surface area (Å²) in [6.45, 7) is 2.87. The summed E-state index contributed by atoms with van der Waals surface area (Å²) >= 11 is 0. The number of nitrogens with two attached hydrogens (primary N) is 1. The van der Waals surface area contributed by atoms with Gasteiger partial charge < -0.3 is 15.7 Å². The van der Waals surface area contributed by atoms with Gasteiger partial charge in [0.15, 0.2) is 0 Å². The molecule has 0 bridgehead atoms. The second kappa shape index (κ2) is 5.57. The molecule has 0 radical (unpaired) electrons. The molecule has 3 N–H and O–H groups in total. The molecule has 0 aromatic heterocycles. The number of rotatable bonds is 4. The summed E-state index contributed by atoms with van der Waals surface area (Å²) in [5.41, 5.74) is 5.36. The van der Waals surface area contributed by atoms with Crippen molar-refractivity contribution in [1.29, 1.82) is 0 Å². The van der Waals surface area contributed by atoms with E-state index < -0.39 is 5.60 Å². The maximum atomic E-state index is 12.1. The van der Waals surface area contributed by atoms with Crippen LogP contribution in [0.5, 0.6) is 0 Å². The predicted molar refractivity (Wildman–Crippen MR) is 71.0 cm³/mol. The van der Waals surface area contributed by atoms with Gasteiger partial charge in [-0.25, -0.2) is 0 Å². The van der Waals surface area contributed by atoms with Crippen LogP contribution in [0.4, 0.5) is 0 Å². The summed E-state index contributed by atoms with van der Waals surface area (Å²) in [7, 11) is 0. The van der Waals surface area contributed by atoms with Gasteiger partial charge in [-0.2, -0.15) is 0 Å². The van der Waals surface area contributed by atoms with Crippen LogP contribution in [-0.4, -0.2) is 40.6 Å². The summed E-state index contributed by atoms with van der Waals surface area (Å²) < 4.78 is 0. The highest BCUT2D eigenvalue weighted by molar-refractivity contribution is 5.82. The Morgan fingerprint density at radius 2 is 2.00 bits per heavy atom. The SMILES string of the molecule is CCC1(O)CN(C(=O)C(N)CC2CCCCC2)C1. The molecule has 0 aromatic rings. The normalized spacial score (nSPS) is 25.6. The lowest BCUT2D eigenvalue weighted by atomic mass is 9.84. The average molecular weight is 254 g/mol. The van der Waals surface area contributed by atoms with E-state index in [0.717, 1.165) is 6.42 Å². The van der Waals surface area contributed by atoms with E-state index in [9.17, 15) is 9.90 Å². The van der Waals surface area contributed by atoms with Gasteiger partial charge in [0.1, 0.15) is 0 Å². The highest BCUT2D eigenvalue weighted by atomic mass is 16.3. The Labute approximate surface area is 110 Å². The molecule has 1 unspecified atom stereocenters. The molecule has 2 fully saturated rings. The maximum absolute atomic E-state index is 12.1. The average Bonchev–Trinajstić information content (AvgIpc) is 2.35. The number of hydrogen-bond acceptors (Lipinski definition) is 3. The minimum Gasteiger partial charge on any atom is -0.386 e. The van der Waals surface area contributed by atoms with Gasteiger partial charge in [-0.1, -0.05) is 39.0 Å². The number of hydrogen-bond donors (Lipinski definition) is 2. The Hall–Kier alpha value is -0.610. The van der Waals surface area contributed by atoms with E-state index in [1.807, 2.05) is 6.92 Å². The summed E-state index contributed by atoms with van der Waals surface area (Å²) in [6.07, 6.45) is 7.86. The molecule has 2 rings (SSSR count). The van der Waals surface area contributed by atoms with Gasteiger partial charge in [-0.3, -0.25) is 4.79 Å². The molecule has 1 saturated heterocycles. The standard InChI is InChI=1S/C14H26N2O2/c1-2-14(18)9-16(10-14)13(17)12(15)8-11-6-4-3-5-7-11/h11-12,18H,2-10,15H2,1H3. The minimum absolute atomic E-state index is 0.0266. The molecular formula is C14H26N2O2. The lowest BCUT2D eigenvalue weighted by Gasteiger charge is -2.47. The van der Waals surface area contributed by atoms with E-state index in [2.05, 4.69) is 0 Å². The van der Waals surface area contributed by atoms with Crippen LogP contribution >= 0.6 is 0 Å². The third-order valence-electron chi connectivity index (χ3n) is 4.57. The molecular weight excluding hydrogens is 228 g/mol. The molecule has 1 heterocycles. The fourth-order valence-electron chi connectivity index (χ4n) is 3.16. The van der Waals surface area contributed by atoms with Crippen LogP contribution in [0.15, 0.2) is 0 Å². The van der Waals surface area contributed by atoms with Crippen molar-refractivity contribution in [3.63, 3.8) is 0 Å². The number of β-amino-alcohol motifs (C(OH)–C–C–N with tert-alkyl or cyclic N) is 1. The quantitative estimate of drug-likeness (QED) is 0.794. The first-order valence-corrected chi connectivity index (χ1v) is 7.31. The molecule has 4 nitrogen and oxygen atoms in total. The van der Waals surface area contributed by atoms with Crippen molar-refractivity contribution >= 4 is 5.91 Å². The van der Waals surface area contributed by atoms with Crippen LogP contribution in [0.2, 0.25) is 0 Å². The minimum atomic E-state index is -0.653. The lowest BCUT2D eigenvalue weighted by Crippen LogP contribution is -2.65. The Kier molecular flexibility index (Phi) is 4.28. The highest BCUT2D eigenvalue weighted by Gasteiger charge is 2.43. The first kappa shape index (κ1) is 13.8. The van der Waals surface area contributed by atoms with Crippen LogP contribution in [0.3, 0.4) is 0 Å². The molecule has 1 aliphatic carbocycles. The summed E-state index contributed by atoms with van der Waals surface area (Å²) in [4.78, 5) is 13.8. The van der Waals surface area contributed by atoms with Crippen molar-refractivity contribution in [2.75, 3.05) is 13.1 Å². The Bertz CT molecular complexity index is 294. The number of likely N-dealkylation sites (tertiary alicyclic amines) is 1. The van der Waals surface area contributed by atoms with Crippen molar-refractivity contribution in [2.24, 2.45) is 11.7 Å². The van der Waals surface area contributed by atoms with E-state index in [1.165, 1.54) is 32.1 Å². The van der Waals surface area contributed by atoms with Gasteiger partial charge >= 0.3 is 0 Å². The van der Waals surface area contributed by atoms with E-state index >= 15 is 0 Å². The van der Waals surface area contributed by atoms with Gasteiger partial charge in [0.25, 0.3) is 0 Å². The van der Waals surface area contributed by atoms with Crippen LogP contribution in [0.25, 0.3) is 0 Å². The van der Waals surface area contributed by atoms with E-state index in [4.69, 9.17) is 5.73 Å². The second-order valence-electron chi connectivity index (χ2n) is 6.12. The van der Waals surface area contributed by atoms with Crippen LogP contribution < -0.4 is 5.73 Å². The molecule has 0 spiro atoms. The largest absolute Gasteiger partial charge is 0.386 e. The lowest BCUT2D eigenvalue weighted by molar-refractivity contribution is -0.157. The third-order valence-corrected chi connectivity index (χ3v) is 4.57. The molecule has 4 heteroatoms. The van der Waals surface area contributed by atoms with Gasteiger partial charge in [0.05, 0.1) is 24.7 Å². The van der Waals surface area contributed by atoms with Crippen molar-refractivity contribution in [3.8, 4) is 0 Å². The Balaban J connectivity index is 1.75. The molecule has 18 heavy (non-hydrogen) atoms. The monoisotopic (exact) mass is 254 g/mol. The molecule has 1 atom stereocenters. The predicted octanol–water partition coefficient (Wildman–Crippen LogP) is 1.27. The van der Waals surface area contributed by atoms with Crippen LogP contribution in [0, 0.1) is 5.92 Å². The number of carbonyl (C=O) groups excluding carboxylic acids is 1. The van der Waals surface area contributed by atoms with Gasteiger partial charge in [0, 0.05) is 0 Å². The third kappa shape index (κ3) is 3.04. The Morgan fingerprint density at radius 1 is 1.39 bits per heavy atom. The molecule has 0 aromatic carbocycles. The van der Waals surface area contributed by atoms with Crippen LogP contribution in [0.1, 0.15) is 51.9 Å². The van der Waals surface area contributed by atoms with Crippen molar-refractivity contribution in [3.05, 3.63) is 0 Å². The zero-order valence-corrected chi connectivity index (χ0v) is 11.4. The van der Waals surface area contributed by atoms with Gasteiger partial charge in [-0.15, -0.1) is 0 Å².